The van der Waals surface area contributed by atoms with Crippen LogP contribution < -0.4 is 10.1 Å². The Morgan fingerprint density at radius 3 is 2.89 bits per heavy atom. The lowest BCUT2D eigenvalue weighted by molar-refractivity contribution is -0.116. The smallest absolute Gasteiger partial charge is 0.244 e. The highest BCUT2D eigenvalue weighted by Crippen LogP contribution is 2.18. The van der Waals surface area contributed by atoms with Gasteiger partial charge in [-0.2, -0.15) is 0 Å². The Kier molecular flexibility index (Phi) is 6.02. The number of benzene rings is 1. The largest absolute Gasteiger partial charge is 0.494 e. The molecule has 0 saturated carbocycles. The molecule has 5 heteroatoms. The van der Waals surface area contributed by atoms with E-state index in [1.54, 1.807) is 13.0 Å². The Morgan fingerprint density at radius 2 is 2.32 bits per heavy atom. The predicted octanol–water partition coefficient (Wildman–Crippen LogP) is 1.73. The maximum Gasteiger partial charge on any atom is 0.244 e. The first kappa shape index (κ1) is 15.2. The van der Waals surface area contributed by atoms with Crippen LogP contribution in [0, 0.1) is 5.82 Å². The Balaban J connectivity index is 2.51. The second-order valence-corrected chi connectivity index (χ2v) is 4.16. The van der Waals surface area contributed by atoms with Crippen LogP contribution in [0.4, 0.5) is 4.39 Å². The number of nitrogens with one attached hydrogen (secondary N) is 1. The number of ether oxygens (including phenoxy) is 1. The maximum atomic E-state index is 13.4. The molecule has 0 aromatic heterocycles. The Hall–Kier alpha value is -1.88. The van der Waals surface area contributed by atoms with Crippen molar-refractivity contribution in [3.63, 3.8) is 0 Å². The normalized spacial score (nSPS) is 12.4. The number of rotatable bonds is 6. The molecule has 1 aromatic rings. The summed E-state index contributed by atoms with van der Waals surface area (Å²) in [6, 6.07) is 4.44. The molecule has 0 aliphatic carbocycles. The van der Waals surface area contributed by atoms with Crippen LogP contribution in [0.15, 0.2) is 24.3 Å². The zero-order valence-electron chi connectivity index (χ0n) is 11.0. The molecule has 2 N–H and O–H groups in total. The second kappa shape index (κ2) is 7.53. The third-order valence-corrected chi connectivity index (χ3v) is 2.46. The van der Waals surface area contributed by atoms with Gasteiger partial charge in [0.2, 0.25) is 5.91 Å². The summed E-state index contributed by atoms with van der Waals surface area (Å²) in [7, 11) is 1.39. The van der Waals surface area contributed by atoms with Crippen LogP contribution in [-0.2, 0) is 4.79 Å². The van der Waals surface area contributed by atoms with Crippen LogP contribution in [0.5, 0.6) is 5.75 Å². The average Bonchev–Trinajstić information content (AvgIpc) is 2.36. The van der Waals surface area contributed by atoms with Gasteiger partial charge in [-0.25, -0.2) is 4.39 Å². The summed E-state index contributed by atoms with van der Waals surface area (Å²) in [6.07, 6.45) is 2.89. The monoisotopic (exact) mass is 267 g/mol. The van der Waals surface area contributed by atoms with Crippen LogP contribution in [0.2, 0.25) is 0 Å². The van der Waals surface area contributed by atoms with Crippen molar-refractivity contribution in [1.82, 2.24) is 5.32 Å². The summed E-state index contributed by atoms with van der Waals surface area (Å²) >= 11 is 0. The van der Waals surface area contributed by atoms with E-state index in [9.17, 15) is 9.18 Å². The lowest BCUT2D eigenvalue weighted by atomic mass is 10.2. The van der Waals surface area contributed by atoms with Gasteiger partial charge in [0.05, 0.1) is 13.2 Å². The fourth-order valence-corrected chi connectivity index (χ4v) is 1.42. The standard InChI is InChI=1S/C14H18FNO3/c1-10(17)7-8-16-14(18)6-4-11-3-5-13(19-2)12(15)9-11/h3-6,9-10,17H,7-8H2,1-2H3,(H,16,18). The van der Waals surface area contributed by atoms with Crippen LogP contribution in [-0.4, -0.2) is 30.8 Å². The van der Waals surface area contributed by atoms with Crippen molar-refractivity contribution in [2.45, 2.75) is 19.4 Å². The first-order valence-corrected chi connectivity index (χ1v) is 6.00. The van der Waals surface area contributed by atoms with E-state index in [1.165, 1.54) is 31.4 Å². The molecule has 0 aliphatic heterocycles. The van der Waals surface area contributed by atoms with Gasteiger partial charge in [0, 0.05) is 12.6 Å². The van der Waals surface area contributed by atoms with Crippen LogP contribution in [0.1, 0.15) is 18.9 Å². The molecular weight excluding hydrogens is 249 g/mol. The predicted molar refractivity (Wildman–Crippen MR) is 71.3 cm³/mol. The number of hydrogen-bond donors (Lipinski definition) is 2. The van der Waals surface area contributed by atoms with Crippen molar-refractivity contribution in [2.75, 3.05) is 13.7 Å². The summed E-state index contributed by atoms with van der Waals surface area (Å²) in [5.74, 6) is -0.588. The van der Waals surface area contributed by atoms with Crippen LogP contribution >= 0.6 is 0 Å². The number of aliphatic hydroxyl groups is 1. The molecule has 0 bridgehead atoms. The molecule has 0 radical (unpaired) electrons. The number of halogens is 1. The molecule has 1 unspecified atom stereocenters. The Morgan fingerprint density at radius 1 is 1.58 bits per heavy atom. The van der Waals surface area contributed by atoms with E-state index in [2.05, 4.69) is 5.32 Å². The topological polar surface area (TPSA) is 58.6 Å². The van der Waals surface area contributed by atoms with E-state index < -0.39 is 11.9 Å². The van der Waals surface area contributed by atoms with Gasteiger partial charge in [0.25, 0.3) is 0 Å². The molecule has 1 rings (SSSR count). The molecule has 0 heterocycles. The van der Waals surface area contributed by atoms with Crippen molar-refractivity contribution < 1.29 is 19.0 Å². The number of carbonyl (C=O) groups excluding carboxylic acids is 1. The first-order valence-electron chi connectivity index (χ1n) is 6.00. The molecule has 104 valence electrons. The highest BCUT2D eigenvalue weighted by atomic mass is 19.1. The molecule has 1 atom stereocenters. The molecule has 4 nitrogen and oxygen atoms in total. The van der Waals surface area contributed by atoms with Crippen molar-refractivity contribution >= 4 is 12.0 Å². The number of amides is 1. The Bertz CT molecular complexity index is 458. The second-order valence-electron chi connectivity index (χ2n) is 4.16. The quantitative estimate of drug-likeness (QED) is 0.772. The highest BCUT2D eigenvalue weighted by molar-refractivity contribution is 5.91. The van der Waals surface area contributed by atoms with Gasteiger partial charge in [-0.1, -0.05) is 6.07 Å². The molecule has 0 spiro atoms. The van der Waals surface area contributed by atoms with Gasteiger partial charge < -0.3 is 15.2 Å². The molecular formula is C14H18FNO3. The summed E-state index contributed by atoms with van der Waals surface area (Å²) in [5, 5.41) is 11.6. The van der Waals surface area contributed by atoms with E-state index in [0.29, 0.717) is 18.5 Å². The fraction of sp³-hybridized carbons (Fsp3) is 0.357. The SMILES string of the molecule is COc1ccc(C=CC(=O)NCCC(C)O)cc1F. The molecule has 0 aliphatic rings. The molecule has 1 aromatic carbocycles. The summed E-state index contributed by atoms with van der Waals surface area (Å²) in [4.78, 5) is 11.4. The summed E-state index contributed by atoms with van der Waals surface area (Å²) in [5.41, 5.74) is 0.573. The van der Waals surface area contributed by atoms with Crippen molar-refractivity contribution in [3.05, 3.63) is 35.7 Å². The van der Waals surface area contributed by atoms with E-state index in [0.717, 1.165) is 0 Å². The minimum atomic E-state index is -0.473. The van der Waals surface area contributed by atoms with E-state index in [-0.39, 0.29) is 11.7 Å². The zero-order chi connectivity index (χ0) is 14.3. The van der Waals surface area contributed by atoms with Gasteiger partial charge >= 0.3 is 0 Å². The molecule has 0 fully saturated rings. The number of aliphatic hydroxyl groups excluding tert-OH is 1. The minimum Gasteiger partial charge on any atom is -0.494 e. The van der Waals surface area contributed by atoms with Gasteiger partial charge in [-0.15, -0.1) is 0 Å². The van der Waals surface area contributed by atoms with Gasteiger partial charge in [0.1, 0.15) is 0 Å². The minimum absolute atomic E-state index is 0.165. The van der Waals surface area contributed by atoms with Crippen molar-refractivity contribution in [1.29, 1.82) is 0 Å². The lowest BCUT2D eigenvalue weighted by Gasteiger charge is -2.04. The third-order valence-electron chi connectivity index (χ3n) is 2.46. The third kappa shape index (κ3) is 5.52. The van der Waals surface area contributed by atoms with E-state index >= 15 is 0 Å². The summed E-state index contributed by atoms with van der Waals surface area (Å²) in [6.45, 7) is 2.06. The molecule has 0 saturated heterocycles. The number of hydrogen-bond acceptors (Lipinski definition) is 3. The number of methoxy groups -OCH3 is 1. The highest BCUT2D eigenvalue weighted by Gasteiger charge is 2.02. The zero-order valence-corrected chi connectivity index (χ0v) is 11.0. The average molecular weight is 267 g/mol. The van der Waals surface area contributed by atoms with Crippen molar-refractivity contribution in [2.24, 2.45) is 0 Å². The first-order chi connectivity index (χ1) is 9.02. The summed E-state index contributed by atoms with van der Waals surface area (Å²) < 4.78 is 18.2. The van der Waals surface area contributed by atoms with Crippen molar-refractivity contribution in [3.8, 4) is 5.75 Å². The van der Waals surface area contributed by atoms with Crippen LogP contribution in [0.3, 0.4) is 0 Å². The fourth-order valence-electron chi connectivity index (χ4n) is 1.42. The van der Waals surface area contributed by atoms with Gasteiger partial charge in [-0.3, -0.25) is 4.79 Å². The van der Waals surface area contributed by atoms with Gasteiger partial charge in [0.15, 0.2) is 11.6 Å². The van der Waals surface area contributed by atoms with Crippen LogP contribution in [0.25, 0.3) is 6.08 Å². The Labute approximate surface area is 111 Å². The van der Waals surface area contributed by atoms with E-state index in [4.69, 9.17) is 9.84 Å². The van der Waals surface area contributed by atoms with Gasteiger partial charge in [-0.05, 0) is 37.1 Å². The lowest BCUT2D eigenvalue weighted by Crippen LogP contribution is -2.24. The van der Waals surface area contributed by atoms with E-state index in [1.807, 2.05) is 0 Å². The maximum absolute atomic E-state index is 13.4. The number of carbonyl (C=O) groups is 1. The molecule has 1 amide bonds. The molecule has 19 heavy (non-hydrogen) atoms.